The molecule has 28 heavy (non-hydrogen) atoms. The van der Waals surface area contributed by atoms with Crippen LogP contribution in [0.1, 0.15) is 28.5 Å². The highest BCUT2D eigenvalue weighted by Crippen LogP contribution is 2.26. The minimum absolute atomic E-state index is 0.0744. The maximum absolute atomic E-state index is 13.3. The number of halogens is 1. The SMILES string of the molecule is O=C(CN[C@@H](c1ccc(F)cc1)c1cccs1)N1CCC(c2ccccc2)=N1. The molecule has 0 spiro atoms. The molecule has 0 saturated carbocycles. The van der Waals surface area contributed by atoms with Gasteiger partial charge in [-0.15, -0.1) is 11.3 Å². The topological polar surface area (TPSA) is 44.7 Å². The van der Waals surface area contributed by atoms with Gasteiger partial charge in [-0.3, -0.25) is 10.1 Å². The molecule has 0 radical (unpaired) electrons. The molecule has 1 amide bonds. The minimum Gasteiger partial charge on any atom is -0.297 e. The second kappa shape index (κ2) is 8.46. The normalized spacial score (nSPS) is 14.8. The predicted octanol–water partition coefficient (Wildman–Crippen LogP) is 4.20. The fraction of sp³-hybridized carbons (Fsp3) is 0.182. The van der Waals surface area contributed by atoms with Gasteiger partial charge in [0, 0.05) is 11.3 Å². The zero-order valence-electron chi connectivity index (χ0n) is 15.2. The number of thiophene rings is 1. The van der Waals surface area contributed by atoms with E-state index in [4.69, 9.17) is 0 Å². The van der Waals surface area contributed by atoms with Crippen LogP contribution in [0, 0.1) is 5.82 Å². The Kier molecular flexibility index (Phi) is 5.60. The molecule has 4 rings (SSSR count). The summed E-state index contributed by atoms with van der Waals surface area (Å²) in [6.45, 7) is 0.746. The Morgan fingerprint density at radius 2 is 1.89 bits per heavy atom. The highest BCUT2D eigenvalue weighted by Gasteiger charge is 2.23. The number of benzene rings is 2. The van der Waals surface area contributed by atoms with E-state index < -0.39 is 0 Å². The number of nitrogens with one attached hydrogen (secondary N) is 1. The van der Waals surface area contributed by atoms with Crippen LogP contribution in [0.15, 0.2) is 77.2 Å². The van der Waals surface area contributed by atoms with Crippen LogP contribution in [0.3, 0.4) is 0 Å². The third kappa shape index (κ3) is 4.18. The van der Waals surface area contributed by atoms with Crippen molar-refractivity contribution < 1.29 is 9.18 Å². The van der Waals surface area contributed by atoms with E-state index in [0.717, 1.165) is 28.1 Å². The maximum atomic E-state index is 13.3. The van der Waals surface area contributed by atoms with Gasteiger partial charge in [-0.05, 0) is 34.7 Å². The van der Waals surface area contributed by atoms with Crippen LogP contribution in [0.25, 0.3) is 0 Å². The lowest BCUT2D eigenvalue weighted by Gasteiger charge is -2.19. The number of rotatable bonds is 6. The summed E-state index contributed by atoms with van der Waals surface area (Å²) in [7, 11) is 0. The van der Waals surface area contributed by atoms with Gasteiger partial charge in [-0.25, -0.2) is 9.40 Å². The summed E-state index contributed by atoms with van der Waals surface area (Å²) in [5.74, 6) is -0.348. The molecule has 3 aromatic rings. The smallest absolute Gasteiger partial charge is 0.256 e. The van der Waals surface area contributed by atoms with Crippen molar-refractivity contribution in [2.24, 2.45) is 5.10 Å². The van der Waals surface area contributed by atoms with Crippen LogP contribution in [0.5, 0.6) is 0 Å². The number of hydrazone groups is 1. The molecule has 1 atom stereocenters. The van der Waals surface area contributed by atoms with Crippen LogP contribution in [-0.4, -0.2) is 29.7 Å². The van der Waals surface area contributed by atoms with Gasteiger partial charge in [0.15, 0.2) is 0 Å². The lowest BCUT2D eigenvalue weighted by Crippen LogP contribution is -2.35. The number of hydrogen-bond donors (Lipinski definition) is 1. The molecule has 1 N–H and O–H groups in total. The molecule has 1 aromatic heterocycles. The predicted molar refractivity (Wildman–Crippen MR) is 110 cm³/mol. The first kappa shape index (κ1) is 18.5. The van der Waals surface area contributed by atoms with Gasteiger partial charge in [0.2, 0.25) is 0 Å². The van der Waals surface area contributed by atoms with Gasteiger partial charge < -0.3 is 0 Å². The zero-order chi connectivity index (χ0) is 19.3. The lowest BCUT2D eigenvalue weighted by atomic mass is 10.1. The molecule has 1 aliphatic rings. The maximum Gasteiger partial charge on any atom is 0.256 e. The Hall–Kier alpha value is -2.83. The number of amides is 1. The molecule has 142 valence electrons. The Bertz CT molecular complexity index is 955. The second-order valence-corrected chi connectivity index (χ2v) is 7.54. The Balaban J connectivity index is 1.45. The highest BCUT2D eigenvalue weighted by molar-refractivity contribution is 7.10. The van der Waals surface area contributed by atoms with Gasteiger partial charge in [0.1, 0.15) is 5.82 Å². The summed E-state index contributed by atoms with van der Waals surface area (Å²) in [5.41, 5.74) is 2.90. The molecule has 4 nitrogen and oxygen atoms in total. The van der Waals surface area contributed by atoms with Crippen molar-refractivity contribution in [3.63, 3.8) is 0 Å². The number of hydrogen-bond acceptors (Lipinski definition) is 4. The van der Waals surface area contributed by atoms with Crippen LogP contribution >= 0.6 is 11.3 Å². The Morgan fingerprint density at radius 1 is 1.11 bits per heavy atom. The summed E-state index contributed by atoms with van der Waals surface area (Å²) < 4.78 is 13.3. The van der Waals surface area contributed by atoms with E-state index in [2.05, 4.69) is 10.4 Å². The third-order valence-electron chi connectivity index (χ3n) is 4.69. The molecule has 6 heteroatoms. The van der Waals surface area contributed by atoms with Crippen molar-refractivity contribution in [3.05, 3.63) is 93.9 Å². The molecular formula is C22H20FN3OS. The van der Waals surface area contributed by atoms with Crippen LogP contribution in [0.4, 0.5) is 4.39 Å². The first-order valence-corrected chi connectivity index (χ1v) is 10.0. The summed E-state index contributed by atoms with van der Waals surface area (Å²) in [6, 6.07) is 20.1. The summed E-state index contributed by atoms with van der Waals surface area (Å²) in [6.07, 6.45) is 0.752. The molecule has 0 fully saturated rings. The van der Waals surface area contributed by atoms with Crippen molar-refractivity contribution >= 4 is 23.0 Å². The van der Waals surface area contributed by atoms with Crippen molar-refractivity contribution in [2.45, 2.75) is 12.5 Å². The van der Waals surface area contributed by atoms with Crippen LogP contribution in [0.2, 0.25) is 0 Å². The molecule has 1 aliphatic heterocycles. The quantitative estimate of drug-likeness (QED) is 0.682. The molecule has 0 unspecified atom stereocenters. The fourth-order valence-electron chi connectivity index (χ4n) is 3.24. The minimum atomic E-state index is -0.274. The Labute approximate surface area is 167 Å². The van der Waals surface area contributed by atoms with Crippen molar-refractivity contribution in [1.82, 2.24) is 10.3 Å². The monoisotopic (exact) mass is 393 g/mol. The summed E-state index contributed by atoms with van der Waals surface area (Å²) in [5, 5.41) is 11.3. The lowest BCUT2D eigenvalue weighted by molar-refractivity contribution is -0.129. The highest BCUT2D eigenvalue weighted by atomic mass is 32.1. The van der Waals surface area contributed by atoms with Crippen molar-refractivity contribution in [3.8, 4) is 0 Å². The molecule has 2 heterocycles. The molecular weight excluding hydrogens is 373 g/mol. The summed E-state index contributed by atoms with van der Waals surface area (Å²) >= 11 is 1.60. The number of carbonyl (C=O) groups is 1. The second-order valence-electron chi connectivity index (χ2n) is 6.56. The van der Waals surface area contributed by atoms with Crippen molar-refractivity contribution in [1.29, 1.82) is 0 Å². The van der Waals surface area contributed by atoms with Crippen LogP contribution < -0.4 is 5.32 Å². The van der Waals surface area contributed by atoms with E-state index in [1.807, 2.05) is 47.8 Å². The average Bonchev–Trinajstić information content (AvgIpc) is 3.42. The molecule has 0 aliphatic carbocycles. The zero-order valence-corrected chi connectivity index (χ0v) is 16.0. The molecule has 0 saturated heterocycles. The van der Waals surface area contributed by atoms with E-state index in [1.165, 1.54) is 17.1 Å². The van der Waals surface area contributed by atoms with E-state index >= 15 is 0 Å². The van der Waals surface area contributed by atoms with Gasteiger partial charge >= 0.3 is 0 Å². The summed E-state index contributed by atoms with van der Waals surface area (Å²) in [4.78, 5) is 13.8. The first-order chi connectivity index (χ1) is 13.7. The van der Waals surface area contributed by atoms with Crippen molar-refractivity contribution in [2.75, 3.05) is 13.1 Å². The van der Waals surface area contributed by atoms with E-state index in [9.17, 15) is 9.18 Å². The van der Waals surface area contributed by atoms with Crippen LogP contribution in [-0.2, 0) is 4.79 Å². The van der Waals surface area contributed by atoms with E-state index in [0.29, 0.717) is 6.54 Å². The van der Waals surface area contributed by atoms with Gasteiger partial charge in [0.05, 0.1) is 24.8 Å². The standard InChI is InChI=1S/C22H20FN3OS/c23-18-10-8-17(9-11-18)22(20-7-4-14-28-20)24-15-21(27)26-13-12-19(25-26)16-5-2-1-3-6-16/h1-11,14,22,24H,12-13,15H2/t22-/m0/s1. The first-order valence-electron chi connectivity index (χ1n) is 9.16. The van der Waals surface area contributed by atoms with Gasteiger partial charge in [-0.1, -0.05) is 48.5 Å². The fourth-order valence-corrected chi connectivity index (χ4v) is 4.07. The van der Waals surface area contributed by atoms with Gasteiger partial charge in [0.25, 0.3) is 5.91 Å². The average molecular weight is 393 g/mol. The largest absolute Gasteiger partial charge is 0.297 e. The van der Waals surface area contributed by atoms with E-state index in [1.54, 1.807) is 23.5 Å². The molecule has 0 bridgehead atoms. The van der Waals surface area contributed by atoms with Gasteiger partial charge in [-0.2, -0.15) is 5.10 Å². The molecule has 2 aromatic carbocycles. The number of carbonyl (C=O) groups excluding carboxylic acids is 1. The van der Waals surface area contributed by atoms with E-state index in [-0.39, 0.29) is 24.3 Å². The third-order valence-corrected chi connectivity index (χ3v) is 5.62. The number of nitrogens with zero attached hydrogens (tertiary/aromatic N) is 2. The Morgan fingerprint density at radius 3 is 2.61 bits per heavy atom.